The van der Waals surface area contributed by atoms with Crippen molar-refractivity contribution in [2.45, 2.75) is 37.3 Å². The van der Waals surface area contributed by atoms with E-state index in [0.717, 1.165) is 54.8 Å². The lowest BCUT2D eigenvalue weighted by atomic mass is 9.77. The molecule has 1 aromatic heterocycles. The minimum absolute atomic E-state index is 0.0490. The fourth-order valence-corrected chi connectivity index (χ4v) is 5.49. The third-order valence-corrected chi connectivity index (χ3v) is 7.27. The molecule has 2 aliphatic rings. The Morgan fingerprint density at radius 2 is 1.97 bits per heavy atom. The highest BCUT2D eigenvalue weighted by Gasteiger charge is 2.45. The Balaban J connectivity index is 1.40. The second kappa shape index (κ2) is 8.30. The predicted octanol–water partition coefficient (Wildman–Crippen LogP) is 3.62. The zero-order valence-corrected chi connectivity index (χ0v) is 18.6. The lowest BCUT2D eigenvalue weighted by molar-refractivity contribution is -0.123. The second-order valence-corrected chi connectivity index (χ2v) is 9.28. The van der Waals surface area contributed by atoms with Gasteiger partial charge in [-0.3, -0.25) is 10.1 Å². The number of fused-ring (bicyclic) bond motifs is 4. The van der Waals surface area contributed by atoms with Gasteiger partial charge in [-0.05, 0) is 55.0 Å². The van der Waals surface area contributed by atoms with Crippen LogP contribution in [0.3, 0.4) is 0 Å². The van der Waals surface area contributed by atoms with E-state index < -0.39 is 0 Å². The highest BCUT2D eigenvalue weighted by molar-refractivity contribution is 6.31. The molecule has 1 spiro atoms. The van der Waals surface area contributed by atoms with E-state index in [4.69, 9.17) is 11.6 Å². The predicted molar refractivity (Wildman–Crippen MR) is 126 cm³/mol. The quantitative estimate of drug-likeness (QED) is 0.585. The molecular weight excluding hydrogens is 408 g/mol. The number of benzene rings is 2. The number of aromatic amines is 1. The standard InChI is InChI=1S/C25H29ClN4O/c1-27-24(31)22-16-20-19-15-18(26)7-8-21(19)28-23(20)25(29-22)10-13-30(14-11-25)12-9-17-5-3-2-4-6-17/h2-8,15,22,28-29H,9-14,16H2,1H3,(H,27,31). The first-order valence-corrected chi connectivity index (χ1v) is 11.5. The number of amides is 1. The number of hydrogen-bond donors (Lipinski definition) is 3. The lowest BCUT2D eigenvalue weighted by Crippen LogP contribution is -2.61. The molecule has 0 aliphatic carbocycles. The summed E-state index contributed by atoms with van der Waals surface area (Å²) in [6.45, 7) is 3.08. The van der Waals surface area contributed by atoms with Crippen molar-refractivity contribution >= 4 is 28.4 Å². The van der Waals surface area contributed by atoms with E-state index in [9.17, 15) is 4.79 Å². The van der Waals surface area contributed by atoms with Gasteiger partial charge < -0.3 is 15.2 Å². The van der Waals surface area contributed by atoms with Crippen LogP contribution >= 0.6 is 11.6 Å². The number of aromatic nitrogens is 1. The first-order valence-electron chi connectivity index (χ1n) is 11.1. The lowest BCUT2D eigenvalue weighted by Gasteiger charge is -2.47. The summed E-state index contributed by atoms with van der Waals surface area (Å²) in [5.41, 5.74) is 4.75. The van der Waals surface area contributed by atoms with E-state index in [2.05, 4.69) is 50.8 Å². The van der Waals surface area contributed by atoms with E-state index in [-0.39, 0.29) is 17.5 Å². The Kier molecular flexibility index (Phi) is 5.51. The molecular formula is C25H29ClN4O. The Morgan fingerprint density at radius 1 is 1.19 bits per heavy atom. The van der Waals surface area contributed by atoms with Gasteiger partial charge in [0, 0.05) is 48.3 Å². The van der Waals surface area contributed by atoms with Crippen molar-refractivity contribution in [1.29, 1.82) is 0 Å². The minimum Gasteiger partial charge on any atom is -0.358 e. The van der Waals surface area contributed by atoms with Crippen molar-refractivity contribution in [2.24, 2.45) is 0 Å². The third-order valence-electron chi connectivity index (χ3n) is 7.04. The molecule has 1 unspecified atom stereocenters. The maximum Gasteiger partial charge on any atom is 0.237 e. The normalized spacial score (nSPS) is 20.6. The number of carbonyl (C=O) groups excluding carboxylic acids is 1. The van der Waals surface area contributed by atoms with Crippen LogP contribution < -0.4 is 10.6 Å². The van der Waals surface area contributed by atoms with Crippen LogP contribution in [-0.2, 0) is 23.2 Å². The van der Waals surface area contributed by atoms with Gasteiger partial charge in [-0.15, -0.1) is 0 Å². The molecule has 1 fully saturated rings. The van der Waals surface area contributed by atoms with Crippen molar-refractivity contribution in [2.75, 3.05) is 26.7 Å². The highest BCUT2D eigenvalue weighted by Crippen LogP contribution is 2.42. The maximum atomic E-state index is 12.6. The first kappa shape index (κ1) is 20.6. The van der Waals surface area contributed by atoms with Crippen LogP contribution in [0.2, 0.25) is 5.02 Å². The summed E-state index contributed by atoms with van der Waals surface area (Å²) in [5, 5.41) is 8.45. The molecule has 162 valence electrons. The van der Waals surface area contributed by atoms with E-state index >= 15 is 0 Å². The van der Waals surface area contributed by atoms with Crippen LogP contribution in [-0.4, -0.2) is 48.5 Å². The molecule has 3 N–H and O–H groups in total. The van der Waals surface area contributed by atoms with Crippen molar-refractivity contribution in [1.82, 2.24) is 20.5 Å². The van der Waals surface area contributed by atoms with Gasteiger partial charge in [0.1, 0.15) is 0 Å². The number of carbonyl (C=O) groups is 1. The second-order valence-electron chi connectivity index (χ2n) is 8.84. The summed E-state index contributed by atoms with van der Waals surface area (Å²) in [6.07, 6.45) is 3.69. The number of H-pyrrole nitrogens is 1. The zero-order chi connectivity index (χ0) is 21.4. The molecule has 0 radical (unpaired) electrons. The molecule has 2 aliphatic heterocycles. The van der Waals surface area contributed by atoms with Gasteiger partial charge in [0.15, 0.2) is 0 Å². The number of likely N-dealkylation sites (N-methyl/N-ethyl adjacent to an activating group) is 1. The molecule has 6 heteroatoms. The van der Waals surface area contributed by atoms with Crippen molar-refractivity contribution in [3.05, 3.63) is 70.4 Å². The molecule has 31 heavy (non-hydrogen) atoms. The molecule has 3 aromatic rings. The van der Waals surface area contributed by atoms with Crippen LogP contribution in [0.25, 0.3) is 10.9 Å². The van der Waals surface area contributed by atoms with Gasteiger partial charge in [0.2, 0.25) is 5.91 Å². The molecule has 1 atom stereocenters. The number of rotatable bonds is 4. The number of hydrogen-bond acceptors (Lipinski definition) is 3. The first-order chi connectivity index (χ1) is 15.1. The third kappa shape index (κ3) is 3.86. The Bertz CT molecular complexity index is 1090. The molecule has 0 bridgehead atoms. The molecule has 5 rings (SSSR count). The molecule has 5 nitrogen and oxygen atoms in total. The molecule has 0 saturated carbocycles. The number of halogens is 1. The van der Waals surface area contributed by atoms with Crippen LogP contribution in [0, 0.1) is 0 Å². The van der Waals surface area contributed by atoms with Gasteiger partial charge in [-0.2, -0.15) is 0 Å². The van der Waals surface area contributed by atoms with E-state index in [1.807, 2.05) is 18.2 Å². The topological polar surface area (TPSA) is 60.2 Å². The van der Waals surface area contributed by atoms with Crippen LogP contribution in [0.5, 0.6) is 0 Å². The average Bonchev–Trinajstić information content (AvgIpc) is 3.17. The summed E-state index contributed by atoms with van der Waals surface area (Å²) < 4.78 is 0. The largest absolute Gasteiger partial charge is 0.358 e. The Hall–Kier alpha value is -2.34. The van der Waals surface area contributed by atoms with Gasteiger partial charge in [0.25, 0.3) is 0 Å². The Labute approximate surface area is 188 Å². The van der Waals surface area contributed by atoms with Crippen LogP contribution in [0.15, 0.2) is 48.5 Å². The Morgan fingerprint density at radius 3 is 2.71 bits per heavy atom. The number of nitrogens with one attached hydrogen (secondary N) is 3. The van der Waals surface area contributed by atoms with Crippen molar-refractivity contribution in [3.63, 3.8) is 0 Å². The monoisotopic (exact) mass is 436 g/mol. The van der Waals surface area contributed by atoms with E-state index in [0.29, 0.717) is 6.42 Å². The molecule has 1 saturated heterocycles. The van der Waals surface area contributed by atoms with Gasteiger partial charge in [0.05, 0.1) is 11.6 Å². The SMILES string of the molecule is CNC(=O)C1Cc2c([nH]c3ccc(Cl)cc23)C2(CCN(CCc3ccccc3)CC2)N1. The van der Waals surface area contributed by atoms with Crippen LogP contribution in [0.4, 0.5) is 0 Å². The van der Waals surface area contributed by atoms with Gasteiger partial charge in [-0.25, -0.2) is 0 Å². The summed E-state index contributed by atoms with van der Waals surface area (Å²) in [4.78, 5) is 18.9. The fraction of sp³-hybridized carbons (Fsp3) is 0.400. The van der Waals surface area contributed by atoms with E-state index in [1.165, 1.54) is 16.8 Å². The van der Waals surface area contributed by atoms with Crippen molar-refractivity contribution < 1.29 is 4.79 Å². The van der Waals surface area contributed by atoms with Gasteiger partial charge in [-0.1, -0.05) is 41.9 Å². The summed E-state index contributed by atoms with van der Waals surface area (Å²) in [6, 6.07) is 16.4. The zero-order valence-electron chi connectivity index (χ0n) is 17.9. The number of likely N-dealkylation sites (tertiary alicyclic amines) is 1. The fourth-order valence-electron chi connectivity index (χ4n) is 5.32. The van der Waals surface area contributed by atoms with Crippen molar-refractivity contribution in [3.8, 4) is 0 Å². The van der Waals surface area contributed by atoms with Crippen LogP contribution in [0.1, 0.15) is 29.7 Å². The average molecular weight is 437 g/mol. The highest BCUT2D eigenvalue weighted by atomic mass is 35.5. The minimum atomic E-state index is -0.230. The smallest absolute Gasteiger partial charge is 0.237 e. The molecule has 1 amide bonds. The summed E-state index contributed by atoms with van der Waals surface area (Å²) >= 11 is 6.31. The number of piperidine rings is 1. The molecule has 2 aromatic carbocycles. The van der Waals surface area contributed by atoms with E-state index in [1.54, 1.807) is 7.05 Å². The summed E-state index contributed by atoms with van der Waals surface area (Å²) in [5.74, 6) is 0.0490. The number of nitrogens with zero attached hydrogens (tertiary/aromatic N) is 1. The summed E-state index contributed by atoms with van der Waals surface area (Å²) in [7, 11) is 1.71. The van der Waals surface area contributed by atoms with Gasteiger partial charge >= 0.3 is 0 Å². The molecule has 3 heterocycles. The maximum absolute atomic E-state index is 12.6.